The number of fused-ring (bicyclic) bond motifs is 5. The van der Waals surface area contributed by atoms with Crippen LogP contribution in [0.15, 0.2) is 72.8 Å². The monoisotopic (exact) mass is 455 g/mol. The molecule has 2 N–H and O–H groups in total. The summed E-state index contributed by atoms with van der Waals surface area (Å²) in [6, 6.07) is 21.5. The third-order valence-corrected chi connectivity index (χ3v) is 6.36. The summed E-state index contributed by atoms with van der Waals surface area (Å²) in [4.78, 5) is 42.3. The van der Waals surface area contributed by atoms with Crippen molar-refractivity contribution in [2.75, 3.05) is 18.0 Å². The Morgan fingerprint density at radius 2 is 1.59 bits per heavy atom. The first-order valence-electron chi connectivity index (χ1n) is 11.4. The second-order valence-electron chi connectivity index (χ2n) is 8.52. The van der Waals surface area contributed by atoms with Crippen molar-refractivity contribution in [3.05, 3.63) is 95.1 Å². The molecule has 2 heterocycles. The Morgan fingerprint density at radius 1 is 0.882 bits per heavy atom. The van der Waals surface area contributed by atoms with Gasteiger partial charge in [-0.2, -0.15) is 0 Å². The van der Waals surface area contributed by atoms with Crippen molar-refractivity contribution in [3.63, 3.8) is 0 Å². The number of carbonyl (C=O) groups excluding carboxylic acids is 3. The number of nitrogens with one attached hydrogen (secondary N) is 1. The van der Waals surface area contributed by atoms with Crippen LogP contribution < -0.4 is 10.2 Å². The first-order chi connectivity index (χ1) is 16.5. The van der Waals surface area contributed by atoms with E-state index in [4.69, 9.17) is 0 Å². The third kappa shape index (κ3) is 3.90. The summed E-state index contributed by atoms with van der Waals surface area (Å²) in [6.45, 7) is 0.860. The maximum atomic E-state index is 13.4. The summed E-state index contributed by atoms with van der Waals surface area (Å²) in [7, 11) is 0. The topological polar surface area (TPSA) is 90.0 Å². The summed E-state index contributed by atoms with van der Waals surface area (Å²) in [6.07, 6.45) is 0.940. The number of anilines is 1. The van der Waals surface area contributed by atoms with E-state index in [9.17, 15) is 19.5 Å². The van der Waals surface area contributed by atoms with Crippen LogP contribution in [0.5, 0.6) is 5.75 Å². The van der Waals surface area contributed by atoms with Crippen LogP contribution in [0.3, 0.4) is 0 Å². The Morgan fingerprint density at radius 3 is 2.38 bits per heavy atom. The number of phenolic OH excluding ortho intramolecular Hbond substituents is 1. The molecule has 34 heavy (non-hydrogen) atoms. The predicted molar refractivity (Wildman–Crippen MR) is 128 cm³/mol. The highest BCUT2D eigenvalue weighted by Crippen LogP contribution is 2.45. The molecule has 2 aliphatic heterocycles. The summed E-state index contributed by atoms with van der Waals surface area (Å²) in [5.74, 6) is -0.108. The Hall–Kier alpha value is -4.13. The van der Waals surface area contributed by atoms with E-state index in [2.05, 4.69) is 5.32 Å². The smallest absolute Gasteiger partial charge is 0.260 e. The first kappa shape index (κ1) is 21.7. The second kappa shape index (κ2) is 9.02. The zero-order valence-electron chi connectivity index (χ0n) is 18.6. The van der Waals surface area contributed by atoms with Crippen molar-refractivity contribution in [3.8, 4) is 5.75 Å². The van der Waals surface area contributed by atoms with Gasteiger partial charge in [-0.05, 0) is 48.7 Å². The van der Waals surface area contributed by atoms with Crippen molar-refractivity contribution in [2.24, 2.45) is 0 Å². The number of phenols is 1. The van der Waals surface area contributed by atoms with Gasteiger partial charge in [-0.3, -0.25) is 19.3 Å². The highest BCUT2D eigenvalue weighted by molar-refractivity contribution is 6.16. The van der Waals surface area contributed by atoms with Crippen LogP contribution in [0.2, 0.25) is 0 Å². The Kier molecular flexibility index (Phi) is 5.76. The standard InChI is InChI=1S/C27H25N3O4/c31-19-13-11-18(12-14-19)15-16-28-24(32)10-5-17-29-25-20-6-1-2-7-21(20)27(34)30(25)23-9-4-3-8-22(23)26(29)33/h1-4,6-9,11-14,25,31H,5,10,15-17H2,(H,28,32)/t25-/m1/s1. The van der Waals surface area contributed by atoms with Gasteiger partial charge in [-0.25, -0.2) is 0 Å². The highest BCUT2D eigenvalue weighted by Gasteiger charge is 2.47. The largest absolute Gasteiger partial charge is 0.508 e. The maximum Gasteiger partial charge on any atom is 0.260 e. The van der Waals surface area contributed by atoms with Crippen molar-refractivity contribution in [1.82, 2.24) is 10.2 Å². The molecule has 2 aliphatic rings. The minimum atomic E-state index is -0.497. The fourth-order valence-corrected chi connectivity index (χ4v) is 4.71. The molecule has 7 nitrogen and oxygen atoms in total. The van der Waals surface area contributed by atoms with E-state index >= 15 is 0 Å². The Labute approximate surface area is 197 Å². The van der Waals surface area contributed by atoms with Gasteiger partial charge in [-0.1, -0.05) is 42.5 Å². The van der Waals surface area contributed by atoms with Crippen molar-refractivity contribution in [2.45, 2.75) is 25.4 Å². The molecule has 3 aromatic carbocycles. The average Bonchev–Trinajstić information content (AvgIpc) is 3.15. The van der Waals surface area contributed by atoms with Crippen LogP contribution >= 0.6 is 0 Å². The lowest BCUT2D eigenvalue weighted by molar-refractivity contribution is -0.121. The number of hydrogen-bond donors (Lipinski definition) is 2. The van der Waals surface area contributed by atoms with E-state index in [1.54, 1.807) is 40.1 Å². The molecule has 7 heteroatoms. The Bertz CT molecular complexity index is 1250. The molecule has 0 saturated carbocycles. The van der Waals surface area contributed by atoms with Gasteiger partial charge in [0.25, 0.3) is 11.8 Å². The Balaban J connectivity index is 1.25. The molecule has 0 bridgehead atoms. The molecular formula is C27H25N3O4. The van der Waals surface area contributed by atoms with Crippen molar-refractivity contribution >= 4 is 23.4 Å². The molecule has 172 valence electrons. The van der Waals surface area contributed by atoms with Gasteiger partial charge in [0.05, 0.1) is 11.3 Å². The fraction of sp³-hybridized carbons (Fsp3) is 0.222. The minimum Gasteiger partial charge on any atom is -0.508 e. The number of aromatic hydroxyl groups is 1. The van der Waals surface area contributed by atoms with Crippen molar-refractivity contribution in [1.29, 1.82) is 0 Å². The second-order valence-corrected chi connectivity index (χ2v) is 8.52. The molecule has 0 radical (unpaired) electrons. The van der Waals surface area contributed by atoms with Crippen LogP contribution in [0.4, 0.5) is 5.69 Å². The van der Waals surface area contributed by atoms with E-state index in [-0.39, 0.29) is 29.9 Å². The number of hydrogen-bond acceptors (Lipinski definition) is 4. The number of benzene rings is 3. The van der Waals surface area contributed by atoms with Gasteiger partial charge in [0.1, 0.15) is 11.9 Å². The van der Waals surface area contributed by atoms with E-state index < -0.39 is 6.17 Å². The molecule has 3 aromatic rings. The predicted octanol–water partition coefficient (Wildman–Crippen LogP) is 3.65. The molecule has 0 aliphatic carbocycles. The van der Waals surface area contributed by atoms with Crippen LogP contribution in [-0.2, 0) is 11.2 Å². The molecule has 0 unspecified atom stereocenters. The lowest BCUT2D eigenvalue weighted by Gasteiger charge is -2.41. The number of amides is 3. The lowest BCUT2D eigenvalue weighted by Crippen LogP contribution is -2.48. The minimum absolute atomic E-state index is 0.0802. The van der Waals surface area contributed by atoms with Crippen LogP contribution in [0.25, 0.3) is 0 Å². The van der Waals surface area contributed by atoms with Gasteiger partial charge in [0.2, 0.25) is 5.91 Å². The molecule has 5 rings (SSSR count). The SMILES string of the molecule is O=C(CCCN1C(=O)c2ccccc2N2C(=O)c3ccccc3[C@H]12)NCCc1ccc(O)cc1. The molecule has 0 aromatic heterocycles. The molecule has 3 amide bonds. The number of carbonyl (C=O) groups is 3. The number of rotatable bonds is 7. The first-order valence-corrected chi connectivity index (χ1v) is 11.4. The van der Waals surface area contributed by atoms with Gasteiger partial charge in [0.15, 0.2) is 0 Å². The summed E-state index contributed by atoms with van der Waals surface area (Å²) in [5, 5.41) is 12.3. The van der Waals surface area contributed by atoms with E-state index in [0.717, 1.165) is 11.1 Å². The van der Waals surface area contributed by atoms with Crippen LogP contribution in [-0.4, -0.2) is 40.8 Å². The van der Waals surface area contributed by atoms with Gasteiger partial charge in [-0.15, -0.1) is 0 Å². The van der Waals surface area contributed by atoms with Crippen LogP contribution in [0, 0.1) is 0 Å². The molecular weight excluding hydrogens is 430 g/mol. The number of nitrogens with zero attached hydrogens (tertiary/aromatic N) is 2. The molecule has 0 saturated heterocycles. The highest BCUT2D eigenvalue weighted by atomic mass is 16.3. The van der Waals surface area contributed by atoms with Crippen molar-refractivity contribution < 1.29 is 19.5 Å². The van der Waals surface area contributed by atoms with Crippen LogP contribution in [0.1, 0.15) is 50.9 Å². The van der Waals surface area contributed by atoms with Gasteiger partial charge >= 0.3 is 0 Å². The summed E-state index contributed by atoms with van der Waals surface area (Å²) >= 11 is 0. The molecule has 0 fully saturated rings. The zero-order valence-corrected chi connectivity index (χ0v) is 18.6. The molecule has 1 atom stereocenters. The summed E-state index contributed by atoms with van der Waals surface area (Å²) < 4.78 is 0. The van der Waals surface area contributed by atoms with Gasteiger partial charge in [0, 0.05) is 30.6 Å². The zero-order chi connectivity index (χ0) is 23.7. The fourth-order valence-electron chi connectivity index (χ4n) is 4.71. The van der Waals surface area contributed by atoms with E-state index in [0.29, 0.717) is 42.7 Å². The third-order valence-electron chi connectivity index (χ3n) is 6.36. The van der Waals surface area contributed by atoms with Gasteiger partial charge < -0.3 is 15.3 Å². The van der Waals surface area contributed by atoms with E-state index in [1.165, 1.54) is 0 Å². The lowest BCUT2D eigenvalue weighted by atomic mass is 10.0. The average molecular weight is 456 g/mol. The maximum absolute atomic E-state index is 13.4. The van der Waals surface area contributed by atoms with E-state index in [1.807, 2.05) is 42.5 Å². The summed E-state index contributed by atoms with van der Waals surface area (Å²) in [5.41, 5.74) is 3.57. The normalized spacial score (nSPS) is 16.2. The molecule has 0 spiro atoms. The number of para-hydroxylation sites is 1. The quantitative estimate of drug-likeness (QED) is 0.569.